The molecular weight excluding hydrogens is 390 g/mol. The van der Waals surface area contributed by atoms with Gasteiger partial charge in [0.05, 0.1) is 17.7 Å². The van der Waals surface area contributed by atoms with Gasteiger partial charge in [0.25, 0.3) is 10.0 Å². The van der Waals surface area contributed by atoms with E-state index in [9.17, 15) is 8.42 Å². The van der Waals surface area contributed by atoms with E-state index in [0.717, 1.165) is 11.1 Å². The maximum Gasteiger partial charge on any atom is 0.262 e. The Labute approximate surface area is 168 Å². The molecule has 0 aliphatic heterocycles. The third kappa shape index (κ3) is 3.64. The molecule has 0 aliphatic rings. The zero-order chi connectivity index (χ0) is 20.6. The predicted octanol–water partition coefficient (Wildman–Crippen LogP) is 3.22. The number of rotatable bonds is 5. The van der Waals surface area contributed by atoms with E-state index >= 15 is 0 Å². The van der Waals surface area contributed by atoms with Crippen molar-refractivity contribution < 1.29 is 13.2 Å². The number of fused-ring (bicyclic) bond motifs is 1. The van der Waals surface area contributed by atoms with Crippen LogP contribution < -0.4 is 9.46 Å². The summed E-state index contributed by atoms with van der Waals surface area (Å²) in [5, 5.41) is 12.2. The first-order chi connectivity index (χ1) is 13.9. The van der Waals surface area contributed by atoms with Crippen LogP contribution in [0.2, 0.25) is 0 Å². The molecule has 1 N–H and O–H groups in total. The molecule has 29 heavy (non-hydrogen) atoms. The molecule has 0 saturated carbocycles. The van der Waals surface area contributed by atoms with Crippen LogP contribution in [0.25, 0.3) is 16.9 Å². The van der Waals surface area contributed by atoms with E-state index in [4.69, 9.17) is 4.74 Å². The number of aryl methyl sites for hydroxylation is 2. The molecule has 0 saturated heterocycles. The smallest absolute Gasteiger partial charge is 0.262 e. The Kier molecular flexibility index (Phi) is 4.67. The lowest BCUT2D eigenvalue weighted by Gasteiger charge is -2.14. The molecule has 0 unspecified atom stereocenters. The number of nitrogens with one attached hydrogen (secondary N) is 1. The Morgan fingerprint density at radius 2 is 1.86 bits per heavy atom. The summed E-state index contributed by atoms with van der Waals surface area (Å²) >= 11 is 0. The van der Waals surface area contributed by atoms with Crippen LogP contribution in [0.1, 0.15) is 11.1 Å². The van der Waals surface area contributed by atoms with Crippen LogP contribution in [-0.2, 0) is 10.0 Å². The highest BCUT2D eigenvalue weighted by atomic mass is 32.2. The van der Waals surface area contributed by atoms with Crippen molar-refractivity contribution in [2.75, 3.05) is 11.8 Å². The molecule has 2 heterocycles. The molecule has 0 atom stereocenters. The van der Waals surface area contributed by atoms with Gasteiger partial charge >= 0.3 is 0 Å². The predicted molar refractivity (Wildman–Crippen MR) is 109 cm³/mol. The van der Waals surface area contributed by atoms with E-state index < -0.39 is 10.0 Å². The molecule has 148 valence electrons. The molecule has 8 nitrogen and oxygen atoms in total. The van der Waals surface area contributed by atoms with E-state index in [1.54, 1.807) is 54.9 Å². The molecule has 0 bridgehead atoms. The minimum Gasteiger partial charge on any atom is -0.496 e. The first kappa shape index (κ1) is 18.9. The monoisotopic (exact) mass is 409 g/mol. The van der Waals surface area contributed by atoms with Gasteiger partial charge in [-0.05, 0) is 61.4 Å². The van der Waals surface area contributed by atoms with Crippen LogP contribution in [0.5, 0.6) is 5.75 Å². The number of sulfonamides is 1. The first-order valence-electron chi connectivity index (χ1n) is 8.83. The molecular formula is C20H19N5O3S. The second kappa shape index (κ2) is 7.17. The van der Waals surface area contributed by atoms with Gasteiger partial charge in [-0.2, -0.15) is 9.61 Å². The van der Waals surface area contributed by atoms with Gasteiger partial charge in [-0.15, -0.1) is 10.2 Å². The van der Waals surface area contributed by atoms with Gasteiger partial charge < -0.3 is 4.74 Å². The summed E-state index contributed by atoms with van der Waals surface area (Å²) in [6, 6.07) is 14.0. The maximum absolute atomic E-state index is 13.0. The number of anilines is 1. The third-order valence-corrected chi connectivity index (χ3v) is 6.08. The van der Waals surface area contributed by atoms with Gasteiger partial charge in [-0.3, -0.25) is 4.72 Å². The molecule has 0 radical (unpaired) electrons. The van der Waals surface area contributed by atoms with Crippen LogP contribution >= 0.6 is 0 Å². The standard InChI is InChI=1S/C20H19N5O3S/c1-13-10-19(14(2)9-18(13)28-3)29(26,27)24-16-6-4-5-15(11-16)17-7-8-20-22-21-12-25(20)23-17/h4-12,24H,1-3H3. The number of nitrogens with zero attached hydrogens (tertiary/aromatic N) is 4. The molecule has 4 rings (SSSR count). The number of methoxy groups -OCH3 is 1. The molecule has 0 aliphatic carbocycles. The first-order valence-corrected chi connectivity index (χ1v) is 10.3. The highest BCUT2D eigenvalue weighted by molar-refractivity contribution is 7.92. The van der Waals surface area contributed by atoms with Crippen molar-refractivity contribution >= 4 is 21.4 Å². The van der Waals surface area contributed by atoms with E-state index in [2.05, 4.69) is 20.0 Å². The molecule has 9 heteroatoms. The number of hydrogen-bond acceptors (Lipinski definition) is 6. The van der Waals surface area contributed by atoms with E-state index in [-0.39, 0.29) is 4.90 Å². The molecule has 2 aromatic heterocycles. The van der Waals surface area contributed by atoms with Crippen molar-refractivity contribution in [3.8, 4) is 17.0 Å². The van der Waals surface area contributed by atoms with Gasteiger partial charge in [0.15, 0.2) is 5.65 Å². The van der Waals surface area contributed by atoms with Gasteiger partial charge in [0.2, 0.25) is 0 Å². The fraction of sp³-hybridized carbons (Fsp3) is 0.150. The van der Waals surface area contributed by atoms with Crippen molar-refractivity contribution in [3.05, 3.63) is 66.0 Å². The minimum absolute atomic E-state index is 0.213. The minimum atomic E-state index is -3.77. The highest BCUT2D eigenvalue weighted by Crippen LogP contribution is 2.28. The Morgan fingerprint density at radius 3 is 2.66 bits per heavy atom. The normalized spacial score (nSPS) is 11.6. The maximum atomic E-state index is 13.0. The van der Waals surface area contributed by atoms with Gasteiger partial charge in [-0.1, -0.05) is 12.1 Å². The average molecular weight is 409 g/mol. The lowest BCUT2D eigenvalue weighted by Crippen LogP contribution is -2.14. The summed E-state index contributed by atoms with van der Waals surface area (Å²) in [4.78, 5) is 0.213. The largest absolute Gasteiger partial charge is 0.496 e. The SMILES string of the molecule is COc1cc(C)c(S(=O)(=O)Nc2cccc(-c3ccc4nncn4n3)c2)cc1C. The summed E-state index contributed by atoms with van der Waals surface area (Å²) in [5.41, 5.74) is 3.88. The summed E-state index contributed by atoms with van der Waals surface area (Å²) < 4.78 is 35.4. The molecule has 0 amide bonds. The van der Waals surface area contributed by atoms with Crippen LogP contribution in [-0.4, -0.2) is 35.3 Å². The topological polar surface area (TPSA) is 98.5 Å². The fourth-order valence-electron chi connectivity index (χ4n) is 3.11. The quantitative estimate of drug-likeness (QED) is 0.543. The fourth-order valence-corrected chi connectivity index (χ4v) is 4.47. The van der Waals surface area contributed by atoms with Crippen LogP contribution in [0.4, 0.5) is 5.69 Å². The number of hydrogen-bond donors (Lipinski definition) is 1. The van der Waals surface area contributed by atoms with Crippen LogP contribution in [0, 0.1) is 13.8 Å². The van der Waals surface area contributed by atoms with Crippen molar-refractivity contribution in [1.82, 2.24) is 19.8 Å². The summed E-state index contributed by atoms with van der Waals surface area (Å²) in [7, 11) is -2.21. The summed E-state index contributed by atoms with van der Waals surface area (Å²) in [6.45, 7) is 3.55. The van der Waals surface area contributed by atoms with Crippen molar-refractivity contribution in [1.29, 1.82) is 0 Å². The molecule has 0 spiro atoms. The van der Waals surface area contributed by atoms with Crippen molar-refractivity contribution in [3.63, 3.8) is 0 Å². The lowest BCUT2D eigenvalue weighted by atomic mass is 10.1. The zero-order valence-electron chi connectivity index (χ0n) is 16.1. The van der Waals surface area contributed by atoms with Crippen molar-refractivity contribution in [2.24, 2.45) is 0 Å². The van der Waals surface area contributed by atoms with Gasteiger partial charge in [0, 0.05) is 11.3 Å². The zero-order valence-corrected chi connectivity index (χ0v) is 16.9. The van der Waals surface area contributed by atoms with Crippen LogP contribution in [0.3, 0.4) is 0 Å². The van der Waals surface area contributed by atoms with Crippen LogP contribution in [0.15, 0.2) is 59.8 Å². The lowest BCUT2D eigenvalue weighted by molar-refractivity contribution is 0.411. The average Bonchev–Trinajstić information content (AvgIpc) is 3.17. The second-order valence-electron chi connectivity index (χ2n) is 6.63. The molecule has 2 aromatic carbocycles. The Balaban J connectivity index is 1.67. The molecule has 4 aromatic rings. The number of benzene rings is 2. The summed E-state index contributed by atoms with van der Waals surface area (Å²) in [6.07, 6.45) is 1.51. The third-order valence-electron chi connectivity index (χ3n) is 4.55. The molecule has 0 fully saturated rings. The van der Waals surface area contributed by atoms with Crippen molar-refractivity contribution in [2.45, 2.75) is 18.7 Å². The second-order valence-corrected chi connectivity index (χ2v) is 8.28. The van der Waals surface area contributed by atoms with E-state index in [1.807, 2.05) is 19.1 Å². The number of ether oxygens (including phenoxy) is 1. The Hall–Kier alpha value is -3.46. The Morgan fingerprint density at radius 1 is 1.03 bits per heavy atom. The number of aromatic nitrogens is 4. The Bertz CT molecular complexity index is 1310. The van der Waals surface area contributed by atoms with Gasteiger partial charge in [0.1, 0.15) is 12.1 Å². The highest BCUT2D eigenvalue weighted by Gasteiger charge is 2.19. The van der Waals surface area contributed by atoms with E-state index in [0.29, 0.717) is 28.3 Å². The van der Waals surface area contributed by atoms with E-state index in [1.165, 1.54) is 6.33 Å². The van der Waals surface area contributed by atoms with Gasteiger partial charge in [-0.25, -0.2) is 8.42 Å². The summed E-state index contributed by atoms with van der Waals surface area (Å²) in [5.74, 6) is 0.652.